The number of rotatable bonds is 0. The van der Waals surface area contributed by atoms with Gasteiger partial charge in [-0.2, -0.15) is 0 Å². The molecule has 7 heavy (non-hydrogen) atoms. The maximum atomic E-state index is 6.03. The van der Waals surface area contributed by atoms with E-state index in [-0.39, 0.29) is 98.1 Å². The van der Waals surface area contributed by atoms with Crippen LogP contribution in [0.15, 0.2) is 0 Å². The Hall–Kier alpha value is 3.02. The van der Waals surface area contributed by atoms with Crippen LogP contribution in [0.1, 0.15) is 0 Å². The molecule has 0 aliphatic rings. The summed E-state index contributed by atoms with van der Waals surface area (Å²) in [4.78, 5) is 2.90. The minimum atomic E-state index is 0. The Balaban J connectivity index is -0.0000000150. The van der Waals surface area contributed by atoms with Crippen molar-refractivity contribution in [2.75, 3.05) is 6.17 Å². The first kappa shape index (κ1) is 22.5. The summed E-state index contributed by atoms with van der Waals surface area (Å²) in [6, 6.07) is 0. The quantitative estimate of drug-likeness (QED) is 0.435. The molecule has 28 valence electrons. The first-order valence-electron chi connectivity index (χ1n) is 0.893. The SMILES string of the molecule is [C-]#[N+]C[Si].[Y].[Y].[Y]. The summed E-state index contributed by atoms with van der Waals surface area (Å²) >= 11 is 0. The first-order chi connectivity index (χ1) is 1.91. The maximum absolute atomic E-state index is 6.03. The third-order valence-electron chi connectivity index (χ3n) is 0.0791. The van der Waals surface area contributed by atoms with Crippen molar-refractivity contribution < 1.29 is 98.1 Å². The molecule has 0 rings (SSSR count). The minimum absolute atomic E-state index is 0. The van der Waals surface area contributed by atoms with Crippen molar-refractivity contribution in [1.29, 1.82) is 0 Å². The summed E-state index contributed by atoms with van der Waals surface area (Å²) in [6.07, 6.45) is 0.417. The normalized spacial score (nSPS) is 2.86. The fourth-order valence-electron chi connectivity index (χ4n) is 0. The zero-order chi connectivity index (χ0) is 3.41. The van der Waals surface area contributed by atoms with E-state index in [1.807, 2.05) is 0 Å². The van der Waals surface area contributed by atoms with Gasteiger partial charge in [0.05, 0.1) is 0 Å². The summed E-state index contributed by atoms with van der Waals surface area (Å²) in [5.41, 5.74) is 0. The van der Waals surface area contributed by atoms with Gasteiger partial charge in [-0.25, -0.2) is 6.57 Å². The molecule has 0 saturated heterocycles. The van der Waals surface area contributed by atoms with Crippen LogP contribution in [0.25, 0.3) is 4.85 Å². The third kappa shape index (κ3) is 27.5. The molecule has 5 heteroatoms. The minimum Gasteiger partial charge on any atom is -0.323 e. The Bertz CT molecular complexity index is 42.7. The fourth-order valence-corrected chi connectivity index (χ4v) is 0. The maximum Gasteiger partial charge on any atom is 0.187 e. The average Bonchev–Trinajstić information content (AvgIpc) is 1.37. The predicted molar refractivity (Wildman–Crippen MR) is 17.2 cm³/mol. The molecule has 0 unspecified atom stereocenters. The van der Waals surface area contributed by atoms with Gasteiger partial charge in [-0.3, -0.25) is 0 Å². The third-order valence-corrected chi connectivity index (χ3v) is 0.237. The van der Waals surface area contributed by atoms with Gasteiger partial charge in [-0.15, -0.1) is 0 Å². The second-order valence-electron chi connectivity index (χ2n) is 0.316. The summed E-state index contributed by atoms with van der Waals surface area (Å²) in [7, 11) is 2.93. The van der Waals surface area contributed by atoms with Gasteiger partial charge in [0, 0.05) is 98.1 Å². The number of nitrogens with zero attached hydrogens (tertiary/aromatic N) is 1. The molecule has 0 N–H and O–H groups in total. The monoisotopic (exact) mass is 335 g/mol. The smallest absolute Gasteiger partial charge is 0.187 e. The van der Waals surface area contributed by atoms with Crippen LogP contribution >= 0.6 is 0 Å². The Morgan fingerprint density at radius 1 is 1.29 bits per heavy atom. The first-order valence-corrected chi connectivity index (χ1v) is 1.60. The molecular weight excluding hydrogens is 333 g/mol. The van der Waals surface area contributed by atoms with E-state index >= 15 is 0 Å². The molecule has 1 nitrogen and oxygen atoms in total. The standard InChI is InChI=1S/C2H2NSi.3Y/c1-3-2-4;;;/h2H2;;;. The molecule has 0 aliphatic heterocycles. The zero-order valence-corrected chi connectivity index (χ0v) is 13.4. The van der Waals surface area contributed by atoms with Crippen LogP contribution in [0.5, 0.6) is 0 Å². The van der Waals surface area contributed by atoms with Crippen molar-refractivity contribution in [3.05, 3.63) is 11.4 Å². The summed E-state index contributed by atoms with van der Waals surface area (Å²) < 4.78 is 0. The molecule has 0 aromatic carbocycles. The van der Waals surface area contributed by atoms with E-state index in [1.165, 1.54) is 0 Å². The van der Waals surface area contributed by atoms with Crippen LogP contribution < -0.4 is 0 Å². The van der Waals surface area contributed by atoms with Crippen LogP contribution in [0.2, 0.25) is 0 Å². The van der Waals surface area contributed by atoms with Crippen LogP contribution in [-0.2, 0) is 98.1 Å². The Morgan fingerprint density at radius 2 is 1.43 bits per heavy atom. The van der Waals surface area contributed by atoms with Gasteiger partial charge in [0.1, 0.15) is 10.2 Å². The summed E-state index contributed by atoms with van der Waals surface area (Å²) in [5, 5.41) is 0. The molecule has 0 atom stereocenters. The molecule has 0 saturated carbocycles. The van der Waals surface area contributed by atoms with Crippen LogP contribution in [0, 0.1) is 6.57 Å². The zero-order valence-electron chi connectivity index (χ0n) is 3.89. The molecule has 0 amide bonds. The Labute approximate surface area is 123 Å². The van der Waals surface area contributed by atoms with Crippen molar-refractivity contribution in [3.63, 3.8) is 0 Å². The van der Waals surface area contributed by atoms with Crippen molar-refractivity contribution >= 4 is 10.2 Å². The molecule has 6 radical (unpaired) electrons. The van der Waals surface area contributed by atoms with Gasteiger partial charge in [0.25, 0.3) is 0 Å². The van der Waals surface area contributed by atoms with E-state index < -0.39 is 0 Å². The molecule has 0 fully saturated rings. The molecule has 0 bridgehead atoms. The molecule has 0 aromatic heterocycles. The van der Waals surface area contributed by atoms with Crippen molar-refractivity contribution in [1.82, 2.24) is 0 Å². The van der Waals surface area contributed by atoms with Gasteiger partial charge in [0.15, 0.2) is 6.17 Å². The fraction of sp³-hybridized carbons (Fsp3) is 0.500. The van der Waals surface area contributed by atoms with Crippen molar-refractivity contribution in [3.8, 4) is 0 Å². The second-order valence-corrected chi connectivity index (χ2v) is 0.632. The van der Waals surface area contributed by atoms with Crippen molar-refractivity contribution in [2.45, 2.75) is 0 Å². The summed E-state index contributed by atoms with van der Waals surface area (Å²) in [5.74, 6) is 0. The van der Waals surface area contributed by atoms with Crippen LogP contribution in [-0.4, -0.2) is 16.4 Å². The molecular formula is C2H2NSiY3. The second kappa shape index (κ2) is 23.0. The molecule has 0 aliphatic carbocycles. The summed E-state index contributed by atoms with van der Waals surface area (Å²) in [6.45, 7) is 6.03. The van der Waals surface area contributed by atoms with E-state index in [0.29, 0.717) is 6.17 Å². The van der Waals surface area contributed by atoms with Crippen LogP contribution in [0.3, 0.4) is 0 Å². The van der Waals surface area contributed by atoms with Gasteiger partial charge < -0.3 is 4.85 Å². The van der Waals surface area contributed by atoms with E-state index in [4.69, 9.17) is 6.57 Å². The van der Waals surface area contributed by atoms with E-state index in [1.54, 1.807) is 0 Å². The molecule has 0 aromatic rings. The van der Waals surface area contributed by atoms with Crippen molar-refractivity contribution in [2.24, 2.45) is 0 Å². The van der Waals surface area contributed by atoms with E-state index in [2.05, 4.69) is 15.1 Å². The molecule has 0 heterocycles. The predicted octanol–water partition coefficient (Wildman–Crippen LogP) is 0.0242. The van der Waals surface area contributed by atoms with Gasteiger partial charge in [-0.1, -0.05) is 0 Å². The average molecular weight is 335 g/mol. The molecule has 0 spiro atoms. The number of hydrogen-bond acceptors (Lipinski definition) is 0. The Morgan fingerprint density at radius 3 is 1.43 bits per heavy atom. The topological polar surface area (TPSA) is 4.36 Å². The number of hydrogen-bond donors (Lipinski definition) is 0. The van der Waals surface area contributed by atoms with Gasteiger partial charge in [-0.05, 0) is 0 Å². The van der Waals surface area contributed by atoms with E-state index in [0.717, 1.165) is 0 Å². The van der Waals surface area contributed by atoms with E-state index in [9.17, 15) is 0 Å². The Kier molecular flexibility index (Phi) is 74.0. The van der Waals surface area contributed by atoms with Gasteiger partial charge in [0.2, 0.25) is 0 Å². The largest absolute Gasteiger partial charge is 0.323 e. The van der Waals surface area contributed by atoms with Gasteiger partial charge >= 0.3 is 0 Å². The van der Waals surface area contributed by atoms with Crippen LogP contribution in [0.4, 0.5) is 0 Å².